The van der Waals surface area contributed by atoms with Gasteiger partial charge in [-0.15, -0.1) is 11.3 Å². The third-order valence-electron chi connectivity index (χ3n) is 10.3. The Morgan fingerprint density at radius 1 is 0.463 bits per heavy atom. The second-order valence-corrected chi connectivity index (χ2v) is 14.6. The van der Waals surface area contributed by atoms with Gasteiger partial charge in [0.05, 0.1) is 15.8 Å². The zero-order valence-electron chi connectivity index (χ0n) is 28.9. The van der Waals surface area contributed by atoms with E-state index in [1.807, 2.05) is 59.9 Å². The Balaban J connectivity index is 1.13. The van der Waals surface area contributed by atoms with E-state index in [1.54, 1.807) is 0 Å². The van der Waals surface area contributed by atoms with Crippen molar-refractivity contribution in [2.45, 2.75) is 0 Å². The zero-order valence-corrected chi connectivity index (χ0v) is 29.8. The summed E-state index contributed by atoms with van der Waals surface area (Å²) in [5, 5.41) is 4.47. The molecule has 5 heteroatoms. The van der Waals surface area contributed by atoms with Gasteiger partial charge in [-0.1, -0.05) is 121 Å². The number of nitrogens with zero attached hydrogens (tertiary/aromatic N) is 2. The second-order valence-electron chi connectivity index (χ2n) is 13.5. The minimum Gasteiger partial charge on any atom is -0.456 e. The number of benzene rings is 8. The molecule has 0 saturated heterocycles. The number of fused-ring (bicyclic) bond motifs is 8. The van der Waals surface area contributed by atoms with E-state index in [-0.39, 0.29) is 0 Å². The predicted octanol–water partition coefficient (Wildman–Crippen LogP) is 14.6. The molecule has 0 saturated carbocycles. The van der Waals surface area contributed by atoms with Gasteiger partial charge >= 0.3 is 0 Å². The smallest absolute Gasteiger partial charge is 0.227 e. The molecule has 0 unspecified atom stereocenters. The van der Waals surface area contributed by atoms with E-state index < -0.39 is 0 Å². The summed E-state index contributed by atoms with van der Waals surface area (Å²) in [6.07, 6.45) is 0. The molecule has 0 aliphatic heterocycles. The normalized spacial score (nSPS) is 11.7. The van der Waals surface area contributed by atoms with Crippen molar-refractivity contribution in [3.05, 3.63) is 182 Å². The largest absolute Gasteiger partial charge is 0.456 e. The number of aromatic nitrogens is 1. The van der Waals surface area contributed by atoms with Crippen LogP contribution in [0.5, 0.6) is 0 Å². The van der Waals surface area contributed by atoms with Crippen LogP contribution in [0.2, 0.25) is 0 Å². The van der Waals surface area contributed by atoms with Crippen LogP contribution in [0.4, 0.5) is 17.1 Å². The summed E-state index contributed by atoms with van der Waals surface area (Å²) < 4.78 is 15.7. The molecule has 0 amide bonds. The maximum absolute atomic E-state index is 6.66. The number of hydrogen-bond acceptors (Lipinski definition) is 5. The summed E-state index contributed by atoms with van der Waals surface area (Å²) in [4.78, 5) is 7.55. The van der Waals surface area contributed by atoms with E-state index in [0.717, 1.165) is 66.8 Å². The fourth-order valence-electron chi connectivity index (χ4n) is 7.78. The van der Waals surface area contributed by atoms with Crippen LogP contribution < -0.4 is 4.90 Å². The van der Waals surface area contributed by atoms with Gasteiger partial charge in [-0.2, -0.15) is 0 Å². The number of rotatable bonds is 6. The van der Waals surface area contributed by atoms with Gasteiger partial charge in [-0.25, -0.2) is 4.98 Å². The molecule has 4 nitrogen and oxygen atoms in total. The van der Waals surface area contributed by atoms with Gasteiger partial charge in [0.2, 0.25) is 5.89 Å². The summed E-state index contributed by atoms with van der Waals surface area (Å²) in [7, 11) is 0. The molecule has 0 spiro atoms. The highest BCUT2D eigenvalue weighted by atomic mass is 32.1. The molecule has 3 aromatic heterocycles. The number of oxazole rings is 1. The van der Waals surface area contributed by atoms with E-state index in [0.29, 0.717) is 5.89 Å². The van der Waals surface area contributed by atoms with Crippen LogP contribution in [0.1, 0.15) is 0 Å². The molecule has 0 bridgehead atoms. The average molecular weight is 711 g/mol. The van der Waals surface area contributed by atoms with Crippen molar-refractivity contribution in [3.8, 4) is 33.7 Å². The summed E-state index contributed by atoms with van der Waals surface area (Å²) >= 11 is 1.84. The molecule has 0 aliphatic rings. The van der Waals surface area contributed by atoms with Crippen LogP contribution in [0.3, 0.4) is 0 Å². The Morgan fingerprint density at radius 3 is 1.96 bits per heavy atom. The summed E-state index contributed by atoms with van der Waals surface area (Å²) in [6, 6.07) is 63.8. The highest BCUT2D eigenvalue weighted by molar-refractivity contribution is 7.26. The first kappa shape index (κ1) is 30.7. The zero-order chi connectivity index (χ0) is 35.6. The van der Waals surface area contributed by atoms with E-state index in [9.17, 15) is 0 Å². The van der Waals surface area contributed by atoms with Gasteiger partial charge in [-0.3, -0.25) is 0 Å². The summed E-state index contributed by atoms with van der Waals surface area (Å²) in [6.45, 7) is 0. The van der Waals surface area contributed by atoms with Crippen LogP contribution in [0.15, 0.2) is 191 Å². The molecule has 254 valence electrons. The Kier molecular flexibility index (Phi) is 7.00. The van der Waals surface area contributed by atoms with Gasteiger partial charge in [0, 0.05) is 43.4 Å². The third-order valence-corrected chi connectivity index (χ3v) is 11.5. The fraction of sp³-hybridized carbons (Fsp3) is 0. The lowest BCUT2D eigenvalue weighted by molar-refractivity contribution is 0.622. The number of thiophene rings is 1. The quantitative estimate of drug-likeness (QED) is 0.172. The maximum Gasteiger partial charge on any atom is 0.227 e. The predicted molar refractivity (Wildman–Crippen MR) is 225 cm³/mol. The number of para-hydroxylation sites is 1. The first-order valence-corrected chi connectivity index (χ1v) is 18.8. The Bertz CT molecular complexity index is 3160. The van der Waals surface area contributed by atoms with Crippen molar-refractivity contribution in [2.24, 2.45) is 0 Å². The van der Waals surface area contributed by atoms with Gasteiger partial charge in [-0.05, 0) is 77.4 Å². The number of furan rings is 1. The minimum absolute atomic E-state index is 0.581. The second kappa shape index (κ2) is 12.3. The van der Waals surface area contributed by atoms with Crippen LogP contribution in [0, 0.1) is 0 Å². The van der Waals surface area contributed by atoms with Crippen molar-refractivity contribution in [2.75, 3.05) is 4.90 Å². The lowest BCUT2D eigenvalue weighted by atomic mass is 10.00. The molecule has 11 rings (SSSR count). The average Bonchev–Trinajstić information content (AvgIpc) is 3.96. The monoisotopic (exact) mass is 710 g/mol. The van der Waals surface area contributed by atoms with Crippen LogP contribution >= 0.6 is 11.3 Å². The van der Waals surface area contributed by atoms with E-state index >= 15 is 0 Å². The van der Waals surface area contributed by atoms with E-state index in [4.69, 9.17) is 13.8 Å². The van der Waals surface area contributed by atoms with Crippen molar-refractivity contribution in [3.63, 3.8) is 0 Å². The highest BCUT2D eigenvalue weighted by Crippen LogP contribution is 2.47. The lowest BCUT2D eigenvalue weighted by Gasteiger charge is -2.27. The molecule has 0 aliphatic carbocycles. The fourth-order valence-corrected chi connectivity index (χ4v) is 8.98. The Hall–Kier alpha value is -6.95. The lowest BCUT2D eigenvalue weighted by Crippen LogP contribution is -2.10. The van der Waals surface area contributed by atoms with Crippen molar-refractivity contribution >= 4 is 81.6 Å². The van der Waals surface area contributed by atoms with Crippen LogP contribution in [-0.4, -0.2) is 4.98 Å². The first-order chi connectivity index (χ1) is 26.8. The Labute approximate surface area is 314 Å². The topological polar surface area (TPSA) is 42.4 Å². The van der Waals surface area contributed by atoms with E-state index in [1.165, 1.54) is 31.3 Å². The minimum atomic E-state index is 0.581. The van der Waals surface area contributed by atoms with Gasteiger partial charge < -0.3 is 13.7 Å². The van der Waals surface area contributed by atoms with Crippen molar-refractivity contribution in [1.82, 2.24) is 4.98 Å². The summed E-state index contributed by atoms with van der Waals surface area (Å²) in [5.41, 5.74) is 11.6. The molecule has 11 aromatic rings. The third kappa shape index (κ3) is 4.94. The molecule has 0 fully saturated rings. The molecule has 54 heavy (non-hydrogen) atoms. The van der Waals surface area contributed by atoms with Gasteiger partial charge in [0.15, 0.2) is 5.58 Å². The first-order valence-electron chi connectivity index (χ1n) is 18.0. The SMILES string of the molecule is c1ccc(-c2ccc(N(c3cccc(-c4cc5oc6ccccc6c5c5oc(-c6ccccc6)nc45)c3)c3cccc4c3sc3ccccc34)cc2)cc1. The molecule has 3 heterocycles. The molecule has 0 N–H and O–H groups in total. The Morgan fingerprint density at radius 2 is 1.13 bits per heavy atom. The number of anilines is 3. The van der Waals surface area contributed by atoms with E-state index in [2.05, 4.69) is 138 Å². The van der Waals surface area contributed by atoms with Gasteiger partial charge in [0.1, 0.15) is 16.7 Å². The van der Waals surface area contributed by atoms with Crippen molar-refractivity contribution < 1.29 is 8.83 Å². The van der Waals surface area contributed by atoms with Crippen LogP contribution in [-0.2, 0) is 0 Å². The highest BCUT2D eigenvalue weighted by Gasteiger charge is 2.23. The molecular weight excluding hydrogens is 681 g/mol. The van der Waals surface area contributed by atoms with Crippen LogP contribution in [0.25, 0.3) is 86.9 Å². The molecular formula is C49H30N2O2S. The van der Waals surface area contributed by atoms with Crippen molar-refractivity contribution in [1.29, 1.82) is 0 Å². The summed E-state index contributed by atoms with van der Waals surface area (Å²) in [5.74, 6) is 0.581. The van der Waals surface area contributed by atoms with Gasteiger partial charge in [0.25, 0.3) is 0 Å². The maximum atomic E-state index is 6.66. The molecule has 0 radical (unpaired) electrons. The molecule has 8 aromatic carbocycles. The number of hydrogen-bond donors (Lipinski definition) is 0. The molecule has 0 atom stereocenters. The standard InChI is InChI=1S/C49H30N2O2S/c1-3-13-31(14-4-1)32-25-27-35(28-26-32)51(41-22-12-21-38-37-19-8-10-24-44(37)54-48(38)41)36-18-11-17-34(29-36)40-30-43-45(39-20-7-9-23-42(39)52-43)47-46(40)50-49(53-47)33-15-5-2-6-16-33/h1-30H.